The zero-order chi connectivity index (χ0) is 19.8. The molecule has 0 fully saturated rings. The Morgan fingerprint density at radius 3 is 2.50 bits per heavy atom. The molecular weight excluding hydrogens is 378 g/mol. The van der Waals surface area contributed by atoms with Crippen molar-refractivity contribution in [2.75, 3.05) is 30.9 Å². The van der Waals surface area contributed by atoms with Crippen molar-refractivity contribution in [3.05, 3.63) is 77.6 Å². The molecule has 2 N–H and O–H groups in total. The molecule has 7 heteroatoms. The molecule has 0 aliphatic carbocycles. The minimum absolute atomic E-state index is 0.295. The van der Waals surface area contributed by atoms with Crippen molar-refractivity contribution < 1.29 is 14.3 Å². The van der Waals surface area contributed by atoms with Crippen LogP contribution in [0.1, 0.15) is 10.5 Å². The fourth-order valence-electron chi connectivity index (χ4n) is 2.43. The van der Waals surface area contributed by atoms with Gasteiger partial charge in [0, 0.05) is 17.3 Å². The largest absolute Gasteiger partial charge is 0.497 e. The van der Waals surface area contributed by atoms with E-state index in [4.69, 9.17) is 21.1 Å². The molecular formula is C21H20ClN3O3. The van der Waals surface area contributed by atoms with Crippen LogP contribution in [0.3, 0.4) is 0 Å². The third-order valence-corrected chi connectivity index (χ3v) is 4.07. The number of benzene rings is 2. The predicted octanol–water partition coefficient (Wildman–Crippen LogP) is 4.49. The molecule has 28 heavy (non-hydrogen) atoms. The number of aromatic nitrogens is 1. The zero-order valence-electron chi connectivity index (χ0n) is 15.3. The van der Waals surface area contributed by atoms with Crippen LogP contribution in [0.4, 0.5) is 11.4 Å². The van der Waals surface area contributed by atoms with Gasteiger partial charge in [-0.25, -0.2) is 4.98 Å². The summed E-state index contributed by atoms with van der Waals surface area (Å²) in [7, 11) is 1.63. The van der Waals surface area contributed by atoms with Gasteiger partial charge in [0.15, 0.2) is 0 Å². The number of halogens is 1. The summed E-state index contributed by atoms with van der Waals surface area (Å²) in [6.07, 6.45) is 1.61. The van der Waals surface area contributed by atoms with Gasteiger partial charge in [-0.3, -0.25) is 4.79 Å². The lowest BCUT2D eigenvalue weighted by Gasteiger charge is -2.09. The molecule has 1 aromatic heterocycles. The number of nitrogens with one attached hydrogen (secondary N) is 2. The molecule has 6 nitrogen and oxygen atoms in total. The van der Waals surface area contributed by atoms with Crippen LogP contribution < -0.4 is 20.1 Å². The van der Waals surface area contributed by atoms with Crippen molar-refractivity contribution in [3.63, 3.8) is 0 Å². The van der Waals surface area contributed by atoms with Gasteiger partial charge in [-0.15, -0.1) is 0 Å². The number of carbonyl (C=O) groups excluding carboxylic acids is 1. The lowest BCUT2D eigenvalue weighted by molar-refractivity contribution is 0.102. The van der Waals surface area contributed by atoms with Crippen LogP contribution in [0.2, 0.25) is 5.02 Å². The number of ether oxygens (including phenoxy) is 2. The van der Waals surface area contributed by atoms with E-state index in [9.17, 15) is 4.79 Å². The van der Waals surface area contributed by atoms with Gasteiger partial charge in [0.2, 0.25) is 0 Å². The van der Waals surface area contributed by atoms with Crippen LogP contribution >= 0.6 is 11.6 Å². The topological polar surface area (TPSA) is 72.5 Å². The van der Waals surface area contributed by atoms with Crippen LogP contribution in [0.15, 0.2) is 66.9 Å². The van der Waals surface area contributed by atoms with E-state index in [1.54, 1.807) is 49.7 Å². The van der Waals surface area contributed by atoms with Gasteiger partial charge in [0.1, 0.15) is 23.8 Å². The smallest absolute Gasteiger partial charge is 0.274 e. The highest BCUT2D eigenvalue weighted by Gasteiger charge is 2.08. The Morgan fingerprint density at radius 1 is 1.04 bits per heavy atom. The minimum Gasteiger partial charge on any atom is -0.497 e. The molecule has 1 amide bonds. The van der Waals surface area contributed by atoms with E-state index < -0.39 is 0 Å². The van der Waals surface area contributed by atoms with Crippen LogP contribution in [-0.2, 0) is 0 Å². The average Bonchev–Trinajstić information content (AvgIpc) is 2.72. The minimum atomic E-state index is -0.295. The molecule has 144 valence electrons. The van der Waals surface area contributed by atoms with Crippen LogP contribution in [0.25, 0.3) is 0 Å². The fraction of sp³-hybridized carbons (Fsp3) is 0.143. The maximum Gasteiger partial charge on any atom is 0.274 e. The number of hydrogen-bond donors (Lipinski definition) is 2. The van der Waals surface area contributed by atoms with Gasteiger partial charge < -0.3 is 20.1 Å². The highest BCUT2D eigenvalue weighted by molar-refractivity contribution is 6.30. The molecule has 0 radical (unpaired) electrons. The van der Waals surface area contributed by atoms with E-state index >= 15 is 0 Å². The molecule has 0 unspecified atom stereocenters. The molecule has 0 bridgehead atoms. The molecule has 3 aromatic rings. The number of anilines is 2. The lowest BCUT2D eigenvalue weighted by Crippen LogP contribution is -2.14. The molecule has 2 aromatic carbocycles. The first-order valence-electron chi connectivity index (χ1n) is 8.68. The van der Waals surface area contributed by atoms with Gasteiger partial charge in [-0.2, -0.15) is 0 Å². The van der Waals surface area contributed by atoms with Crippen LogP contribution in [0, 0.1) is 0 Å². The van der Waals surface area contributed by atoms with E-state index in [0.717, 1.165) is 17.2 Å². The Labute approximate surface area is 168 Å². The lowest BCUT2D eigenvalue weighted by atomic mass is 10.3. The summed E-state index contributed by atoms with van der Waals surface area (Å²) >= 11 is 5.92. The standard InChI is InChI=1S/C21H20ClN3O3/c1-27-18-6-8-19(9-7-18)28-12-11-23-17-5-10-20(24-14-17)21(26)25-16-4-2-3-15(22)13-16/h2-10,13-14,23H,11-12H2,1H3,(H,25,26). The first kappa shape index (κ1) is 19.5. The Balaban J connectivity index is 1.45. The summed E-state index contributed by atoms with van der Waals surface area (Å²) in [5.41, 5.74) is 1.75. The van der Waals surface area contributed by atoms with Crippen molar-refractivity contribution in [2.24, 2.45) is 0 Å². The summed E-state index contributed by atoms with van der Waals surface area (Å²) < 4.78 is 10.8. The monoisotopic (exact) mass is 397 g/mol. The number of nitrogens with zero attached hydrogens (tertiary/aromatic N) is 1. The van der Waals surface area contributed by atoms with Gasteiger partial charge in [-0.1, -0.05) is 17.7 Å². The molecule has 0 saturated heterocycles. The Hall–Kier alpha value is -3.25. The van der Waals surface area contributed by atoms with Crippen molar-refractivity contribution in [1.29, 1.82) is 0 Å². The van der Waals surface area contributed by atoms with Crippen LogP contribution in [-0.4, -0.2) is 31.2 Å². The maximum atomic E-state index is 12.2. The average molecular weight is 398 g/mol. The van der Waals surface area contributed by atoms with E-state index in [-0.39, 0.29) is 5.91 Å². The number of methoxy groups -OCH3 is 1. The summed E-state index contributed by atoms with van der Waals surface area (Å²) in [4.78, 5) is 16.4. The second-order valence-electron chi connectivity index (χ2n) is 5.85. The van der Waals surface area contributed by atoms with Crippen molar-refractivity contribution in [1.82, 2.24) is 4.98 Å². The van der Waals surface area contributed by atoms with Gasteiger partial charge in [-0.05, 0) is 54.6 Å². The first-order chi connectivity index (χ1) is 13.6. The second-order valence-corrected chi connectivity index (χ2v) is 6.28. The third kappa shape index (κ3) is 5.62. The predicted molar refractivity (Wildman–Crippen MR) is 111 cm³/mol. The van der Waals surface area contributed by atoms with Gasteiger partial charge in [0.25, 0.3) is 5.91 Å². The van der Waals surface area contributed by atoms with Crippen molar-refractivity contribution in [2.45, 2.75) is 0 Å². The molecule has 3 rings (SSSR count). The molecule has 0 saturated carbocycles. The fourth-order valence-corrected chi connectivity index (χ4v) is 2.62. The van der Waals surface area contributed by atoms with E-state index in [0.29, 0.717) is 29.6 Å². The Morgan fingerprint density at radius 2 is 1.82 bits per heavy atom. The Kier molecular flexibility index (Phi) is 6.70. The number of carbonyl (C=O) groups is 1. The number of amides is 1. The zero-order valence-corrected chi connectivity index (χ0v) is 16.1. The molecule has 0 aliphatic rings. The van der Waals surface area contributed by atoms with E-state index in [1.165, 1.54) is 0 Å². The van der Waals surface area contributed by atoms with Crippen LogP contribution in [0.5, 0.6) is 11.5 Å². The molecule has 0 aliphatic heterocycles. The highest BCUT2D eigenvalue weighted by Crippen LogP contribution is 2.17. The van der Waals surface area contributed by atoms with Gasteiger partial charge >= 0.3 is 0 Å². The number of pyridine rings is 1. The summed E-state index contributed by atoms with van der Waals surface area (Å²) in [6.45, 7) is 1.09. The number of rotatable bonds is 8. The molecule has 0 atom stereocenters. The highest BCUT2D eigenvalue weighted by atomic mass is 35.5. The van der Waals surface area contributed by atoms with Crippen molar-refractivity contribution in [3.8, 4) is 11.5 Å². The molecule has 0 spiro atoms. The van der Waals surface area contributed by atoms with E-state index in [2.05, 4.69) is 15.6 Å². The maximum absolute atomic E-state index is 12.2. The molecule has 1 heterocycles. The Bertz CT molecular complexity index is 915. The van der Waals surface area contributed by atoms with Crippen molar-refractivity contribution >= 4 is 28.9 Å². The number of hydrogen-bond acceptors (Lipinski definition) is 5. The quantitative estimate of drug-likeness (QED) is 0.548. The second kappa shape index (κ2) is 9.62. The summed E-state index contributed by atoms with van der Waals surface area (Å²) in [6, 6.07) is 17.8. The van der Waals surface area contributed by atoms with E-state index in [1.807, 2.05) is 24.3 Å². The normalized spacial score (nSPS) is 10.2. The summed E-state index contributed by atoms with van der Waals surface area (Å²) in [5.74, 6) is 1.27. The summed E-state index contributed by atoms with van der Waals surface area (Å²) in [5, 5.41) is 6.52. The van der Waals surface area contributed by atoms with Gasteiger partial charge in [0.05, 0.1) is 19.0 Å². The first-order valence-corrected chi connectivity index (χ1v) is 9.05. The third-order valence-electron chi connectivity index (χ3n) is 3.84. The SMILES string of the molecule is COc1ccc(OCCNc2ccc(C(=O)Nc3cccc(Cl)c3)nc2)cc1.